The lowest BCUT2D eigenvalue weighted by Gasteiger charge is -2.23. The van der Waals surface area contributed by atoms with Gasteiger partial charge in [0.2, 0.25) is 5.91 Å². The minimum absolute atomic E-state index is 0.0437. The van der Waals surface area contributed by atoms with Crippen LogP contribution < -0.4 is 5.32 Å². The van der Waals surface area contributed by atoms with Gasteiger partial charge in [0, 0.05) is 26.2 Å². The Balaban J connectivity index is 4.15. The van der Waals surface area contributed by atoms with Crippen LogP contribution in [0.5, 0.6) is 0 Å². The summed E-state index contributed by atoms with van der Waals surface area (Å²) >= 11 is 0. The molecule has 0 saturated heterocycles. The van der Waals surface area contributed by atoms with E-state index in [0.29, 0.717) is 25.6 Å². The SMILES string of the molecule is CC(C)CNC(=O)CN(CCC(=O)O)CCN(C)C. The lowest BCUT2D eigenvalue weighted by atomic mass is 10.2. The van der Waals surface area contributed by atoms with Gasteiger partial charge in [0.15, 0.2) is 0 Å². The summed E-state index contributed by atoms with van der Waals surface area (Å²) in [6.07, 6.45) is 0.0604. The molecule has 0 rings (SSSR count). The molecule has 0 aromatic rings. The molecule has 0 heterocycles. The molecule has 2 N–H and O–H groups in total. The number of rotatable bonds is 10. The number of carboxylic acids is 1. The number of nitrogens with one attached hydrogen (secondary N) is 1. The molecule has 0 aliphatic heterocycles. The molecule has 112 valence electrons. The average molecular weight is 273 g/mol. The Kier molecular flexibility index (Phi) is 9.16. The van der Waals surface area contributed by atoms with Crippen molar-refractivity contribution in [3.8, 4) is 0 Å². The third-order valence-electron chi connectivity index (χ3n) is 2.58. The van der Waals surface area contributed by atoms with Gasteiger partial charge in [-0.15, -0.1) is 0 Å². The molecule has 0 aliphatic rings. The number of aliphatic carboxylic acids is 1. The number of carboxylic acid groups (broad SMARTS) is 1. The molecule has 1 amide bonds. The van der Waals surface area contributed by atoms with Gasteiger partial charge in [0.25, 0.3) is 0 Å². The molecule has 0 bridgehead atoms. The normalized spacial score (nSPS) is 11.3. The Morgan fingerprint density at radius 3 is 2.26 bits per heavy atom. The summed E-state index contributed by atoms with van der Waals surface area (Å²) < 4.78 is 0. The van der Waals surface area contributed by atoms with Gasteiger partial charge in [0.05, 0.1) is 13.0 Å². The van der Waals surface area contributed by atoms with Crippen LogP contribution in [0.4, 0.5) is 0 Å². The highest BCUT2D eigenvalue weighted by molar-refractivity contribution is 5.78. The van der Waals surface area contributed by atoms with Crippen molar-refractivity contribution >= 4 is 11.9 Å². The van der Waals surface area contributed by atoms with E-state index in [4.69, 9.17) is 5.11 Å². The van der Waals surface area contributed by atoms with Crippen LogP contribution in [0.15, 0.2) is 0 Å². The smallest absolute Gasteiger partial charge is 0.304 e. The van der Waals surface area contributed by atoms with E-state index in [2.05, 4.69) is 5.32 Å². The maximum Gasteiger partial charge on any atom is 0.304 e. The Hall–Kier alpha value is -1.14. The van der Waals surface area contributed by atoms with Gasteiger partial charge >= 0.3 is 5.97 Å². The summed E-state index contributed by atoms with van der Waals surface area (Å²) in [4.78, 5) is 26.2. The average Bonchev–Trinajstić information content (AvgIpc) is 2.29. The highest BCUT2D eigenvalue weighted by Crippen LogP contribution is 1.94. The van der Waals surface area contributed by atoms with Crippen LogP contribution in [0.25, 0.3) is 0 Å². The lowest BCUT2D eigenvalue weighted by molar-refractivity contribution is -0.137. The van der Waals surface area contributed by atoms with Gasteiger partial charge in [-0.2, -0.15) is 0 Å². The zero-order valence-corrected chi connectivity index (χ0v) is 12.5. The molecule has 6 heteroatoms. The highest BCUT2D eigenvalue weighted by atomic mass is 16.4. The van der Waals surface area contributed by atoms with Crippen LogP contribution in [-0.4, -0.2) is 73.6 Å². The molecule has 0 aromatic heterocycles. The summed E-state index contributed by atoms with van der Waals surface area (Å²) in [6, 6.07) is 0. The van der Waals surface area contributed by atoms with E-state index in [9.17, 15) is 9.59 Å². The van der Waals surface area contributed by atoms with Crippen molar-refractivity contribution in [1.29, 1.82) is 0 Å². The fourth-order valence-corrected chi connectivity index (χ4v) is 1.44. The van der Waals surface area contributed by atoms with Crippen LogP contribution in [0.1, 0.15) is 20.3 Å². The second-order valence-electron chi connectivity index (χ2n) is 5.42. The van der Waals surface area contributed by atoms with Gasteiger partial charge in [-0.3, -0.25) is 14.5 Å². The van der Waals surface area contributed by atoms with E-state index < -0.39 is 5.97 Å². The Bertz CT molecular complexity index is 280. The summed E-state index contributed by atoms with van der Waals surface area (Å²) in [5.74, 6) is -0.464. The molecule has 0 unspecified atom stereocenters. The fourth-order valence-electron chi connectivity index (χ4n) is 1.44. The number of nitrogens with zero attached hydrogens (tertiary/aromatic N) is 2. The molecule has 0 saturated carbocycles. The molecule has 0 aromatic carbocycles. The number of hydrogen-bond donors (Lipinski definition) is 2. The van der Waals surface area contributed by atoms with Crippen LogP contribution in [0, 0.1) is 5.92 Å². The first kappa shape index (κ1) is 17.9. The van der Waals surface area contributed by atoms with E-state index in [-0.39, 0.29) is 18.9 Å². The maximum absolute atomic E-state index is 11.7. The first-order chi connectivity index (χ1) is 8.81. The van der Waals surface area contributed by atoms with Crippen molar-refractivity contribution in [3.63, 3.8) is 0 Å². The van der Waals surface area contributed by atoms with Crippen LogP contribution in [0.3, 0.4) is 0 Å². The van der Waals surface area contributed by atoms with Gasteiger partial charge in [0.1, 0.15) is 0 Å². The first-order valence-corrected chi connectivity index (χ1v) is 6.66. The molecule has 0 fully saturated rings. The van der Waals surface area contributed by atoms with Crippen molar-refractivity contribution < 1.29 is 14.7 Å². The van der Waals surface area contributed by atoms with E-state index in [0.717, 1.165) is 6.54 Å². The molecule has 0 radical (unpaired) electrons. The number of carbonyl (C=O) groups is 2. The second kappa shape index (κ2) is 9.75. The van der Waals surface area contributed by atoms with Crippen LogP contribution >= 0.6 is 0 Å². The minimum atomic E-state index is -0.836. The lowest BCUT2D eigenvalue weighted by Crippen LogP contribution is -2.42. The molecule has 0 aliphatic carbocycles. The molecule has 0 spiro atoms. The second-order valence-corrected chi connectivity index (χ2v) is 5.42. The summed E-state index contributed by atoms with van der Waals surface area (Å²) in [6.45, 7) is 6.88. The predicted molar refractivity (Wildman–Crippen MR) is 75.1 cm³/mol. The van der Waals surface area contributed by atoms with Crippen molar-refractivity contribution in [2.45, 2.75) is 20.3 Å². The zero-order chi connectivity index (χ0) is 14.8. The summed E-state index contributed by atoms with van der Waals surface area (Å²) in [5, 5.41) is 11.6. The summed E-state index contributed by atoms with van der Waals surface area (Å²) in [7, 11) is 3.91. The third-order valence-corrected chi connectivity index (χ3v) is 2.58. The molecular weight excluding hydrogens is 246 g/mol. The van der Waals surface area contributed by atoms with Gasteiger partial charge < -0.3 is 15.3 Å². The Labute approximate surface area is 115 Å². The number of hydrogen-bond acceptors (Lipinski definition) is 4. The van der Waals surface area contributed by atoms with E-state index >= 15 is 0 Å². The Morgan fingerprint density at radius 2 is 1.79 bits per heavy atom. The molecular formula is C13H27N3O3. The van der Waals surface area contributed by atoms with Crippen molar-refractivity contribution in [2.24, 2.45) is 5.92 Å². The summed E-state index contributed by atoms with van der Waals surface area (Å²) in [5.41, 5.74) is 0. The third kappa shape index (κ3) is 11.7. The number of carbonyl (C=O) groups excluding carboxylic acids is 1. The number of likely N-dealkylation sites (N-methyl/N-ethyl adjacent to an activating group) is 1. The van der Waals surface area contributed by atoms with Crippen molar-refractivity contribution in [3.05, 3.63) is 0 Å². The Morgan fingerprint density at radius 1 is 1.16 bits per heavy atom. The molecule has 6 nitrogen and oxygen atoms in total. The monoisotopic (exact) mass is 273 g/mol. The van der Waals surface area contributed by atoms with Gasteiger partial charge in [-0.25, -0.2) is 0 Å². The predicted octanol–water partition coefficient (Wildman–Crippen LogP) is 0.0969. The quantitative estimate of drug-likeness (QED) is 0.590. The number of amides is 1. The van der Waals surface area contributed by atoms with E-state index in [1.165, 1.54) is 0 Å². The van der Waals surface area contributed by atoms with E-state index in [1.54, 1.807) is 0 Å². The molecule has 19 heavy (non-hydrogen) atoms. The highest BCUT2D eigenvalue weighted by Gasteiger charge is 2.12. The standard InChI is InChI=1S/C13H27N3O3/c1-11(2)9-14-12(17)10-16(6-5-13(18)19)8-7-15(3)4/h11H,5-10H2,1-4H3,(H,14,17)(H,18,19). The molecule has 0 atom stereocenters. The fraction of sp³-hybridized carbons (Fsp3) is 0.846. The first-order valence-electron chi connectivity index (χ1n) is 6.66. The van der Waals surface area contributed by atoms with Gasteiger partial charge in [-0.05, 0) is 20.0 Å². The van der Waals surface area contributed by atoms with Crippen molar-refractivity contribution in [2.75, 3.05) is 46.8 Å². The largest absolute Gasteiger partial charge is 0.481 e. The van der Waals surface area contributed by atoms with Crippen LogP contribution in [-0.2, 0) is 9.59 Å². The minimum Gasteiger partial charge on any atom is -0.481 e. The van der Waals surface area contributed by atoms with Gasteiger partial charge in [-0.1, -0.05) is 13.8 Å². The van der Waals surface area contributed by atoms with E-state index in [1.807, 2.05) is 37.7 Å². The zero-order valence-electron chi connectivity index (χ0n) is 12.5. The maximum atomic E-state index is 11.7. The van der Waals surface area contributed by atoms with Crippen LogP contribution in [0.2, 0.25) is 0 Å². The topological polar surface area (TPSA) is 72.9 Å². The van der Waals surface area contributed by atoms with Crippen molar-refractivity contribution in [1.82, 2.24) is 15.1 Å².